The summed E-state index contributed by atoms with van der Waals surface area (Å²) in [5.74, 6) is -3.04. The molecule has 9 nitrogen and oxygen atoms in total. The van der Waals surface area contributed by atoms with Gasteiger partial charge in [0.1, 0.15) is 5.56 Å². The molecule has 2 aromatic heterocycles. The van der Waals surface area contributed by atoms with Crippen LogP contribution >= 0.6 is 23.2 Å². The maximum Gasteiger partial charge on any atom is 0.416 e. The lowest BCUT2D eigenvalue weighted by Crippen LogP contribution is -2.29. The highest BCUT2D eigenvalue weighted by atomic mass is 35.5. The average Bonchev–Trinajstić information content (AvgIpc) is 3.34. The van der Waals surface area contributed by atoms with E-state index in [0.717, 1.165) is 24.3 Å². The van der Waals surface area contributed by atoms with Crippen LogP contribution in [0.3, 0.4) is 0 Å². The number of alkyl halides is 7. The van der Waals surface area contributed by atoms with Crippen LogP contribution in [0, 0.1) is 0 Å². The second-order valence-corrected chi connectivity index (χ2v) is 9.35. The van der Waals surface area contributed by atoms with Crippen molar-refractivity contribution in [3.8, 4) is 5.88 Å². The van der Waals surface area contributed by atoms with E-state index in [1.165, 1.54) is 18.2 Å². The zero-order chi connectivity index (χ0) is 31.5. The molecule has 0 spiro atoms. The van der Waals surface area contributed by atoms with Gasteiger partial charge in [0, 0.05) is 12.2 Å². The number of aromatic amines is 1. The number of imidazole rings is 1. The number of anilines is 3. The standard InChI is InChI=1S/C25H17Cl2F7N6O3/c26-14-6-1-10(8-35-22(42)19(30)31)17(27)18(14)38-24-37-15-7-13(23(39-20(15)40-24)43-9-16(28)29)21(41)36-12-4-2-11(3-5-12)25(32,33)34/h1-7,16,19H,8-9H2,(H,35,42)(H,36,41)(H2,37,38,39,40). The van der Waals surface area contributed by atoms with Gasteiger partial charge in [-0.15, -0.1) is 0 Å². The van der Waals surface area contributed by atoms with Crippen molar-refractivity contribution in [3.05, 3.63) is 69.2 Å². The lowest BCUT2D eigenvalue weighted by atomic mass is 10.2. The summed E-state index contributed by atoms with van der Waals surface area (Å²) in [4.78, 5) is 35.1. The van der Waals surface area contributed by atoms with E-state index in [4.69, 9.17) is 27.9 Å². The highest BCUT2D eigenvalue weighted by Gasteiger charge is 2.30. The van der Waals surface area contributed by atoms with Crippen molar-refractivity contribution in [1.29, 1.82) is 0 Å². The van der Waals surface area contributed by atoms with Crippen LogP contribution in [0.2, 0.25) is 10.0 Å². The highest BCUT2D eigenvalue weighted by molar-refractivity contribution is 6.39. The van der Waals surface area contributed by atoms with Gasteiger partial charge in [0.15, 0.2) is 12.3 Å². The molecular formula is C25H17Cl2F7N6O3. The number of carbonyl (C=O) groups is 2. The third-order valence-electron chi connectivity index (χ3n) is 5.56. The molecule has 0 aliphatic rings. The molecule has 0 unspecified atom stereocenters. The van der Waals surface area contributed by atoms with Gasteiger partial charge in [-0.2, -0.15) is 31.9 Å². The number of pyridine rings is 1. The van der Waals surface area contributed by atoms with Crippen LogP contribution in [0.5, 0.6) is 5.88 Å². The molecule has 43 heavy (non-hydrogen) atoms. The number of nitrogens with one attached hydrogen (secondary N) is 4. The van der Waals surface area contributed by atoms with Gasteiger partial charge in [-0.05, 0) is 42.0 Å². The van der Waals surface area contributed by atoms with Gasteiger partial charge in [0.2, 0.25) is 11.8 Å². The zero-order valence-electron chi connectivity index (χ0n) is 21.1. The first-order valence-corrected chi connectivity index (χ1v) is 12.6. The first-order chi connectivity index (χ1) is 20.2. The van der Waals surface area contributed by atoms with Crippen molar-refractivity contribution in [2.24, 2.45) is 0 Å². The van der Waals surface area contributed by atoms with E-state index >= 15 is 0 Å². The molecule has 2 aromatic carbocycles. The Hall–Kier alpha value is -4.31. The topological polar surface area (TPSA) is 121 Å². The molecule has 4 aromatic rings. The third-order valence-corrected chi connectivity index (χ3v) is 6.31. The number of ether oxygens (including phenoxy) is 1. The minimum atomic E-state index is -4.60. The first-order valence-electron chi connectivity index (χ1n) is 11.8. The van der Waals surface area contributed by atoms with E-state index in [1.807, 2.05) is 5.32 Å². The van der Waals surface area contributed by atoms with Crippen LogP contribution in [0.15, 0.2) is 42.5 Å². The van der Waals surface area contributed by atoms with Crippen LogP contribution in [0.25, 0.3) is 11.2 Å². The van der Waals surface area contributed by atoms with Gasteiger partial charge in [0.25, 0.3) is 18.2 Å². The summed E-state index contributed by atoms with van der Waals surface area (Å²) in [5, 5.41) is 7.15. The van der Waals surface area contributed by atoms with Crippen LogP contribution in [-0.2, 0) is 17.5 Å². The molecule has 0 saturated heterocycles. The lowest BCUT2D eigenvalue weighted by Gasteiger charge is -2.13. The van der Waals surface area contributed by atoms with Gasteiger partial charge in [-0.1, -0.05) is 29.3 Å². The van der Waals surface area contributed by atoms with Gasteiger partial charge in [-0.3, -0.25) is 9.59 Å². The molecule has 2 amide bonds. The fourth-order valence-corrected chi connectivity index (χ4v) is 4.10. The summed E-state index contributed by atoms with van der Waals surface area (Å²) in [6.45, 7) is -1.48. The van der Waals surface area contributed by atoms with Crippen LogP contribution in [0.4, 0.5) is 48.1 Å². The number of H-pyrrole nitrogens is 1. The second kappa shape index (κ2) is 12.9. The second-order valence-electron chi connectivity index (χ2n) is 8.57. The number of hydrogen-bond acceptors (Lipinski definition) is 6. The number of carbonyl (C=O) groups excluding carboxylic acids is 2. The summed E-state index contributed by atoms with van der Waals surface area (Å²) in [5.41, 5.74) is -1.06. The van der Waals surface area contributed by atoms with Crippen molar-refractivity contribution in [3.63, 3.8) is 0 Å². The molecule has 0 atom stereocenters. The molecule has 18 heteroatoms. The van der Waals surface area contributed by atoms with Crippen molar-refractivity contribution in [2.45, 2.75) is 25.6 Å². The number of nitrogens with zero attached hydrogens (tertiary/aromatic N) is 2. The predicted octanol–water partition coefficient (Wildman–Crippen LogP) is 6.80. The Morgan fingerprint density at radius 3 is 2.33 bits per heavy atom. The van der Waals surface area contributed by atoms with E-state index < -0.39 is 48.9 Å². The van der Waals surface area contributed by atoms with E-state index in [2.05, 4.69) is 25.6 Å². The molecule has 0 fully saturated rings. The van der Waals surface area contributed by atoms with Gasteiger partial charge in [0.05, 0.1) is 26.8 Å². The van der Waals surface area contributed by atoms with E-state index in [1.54, 1.807) is 0 Å². The van der Waals surface area contributed by atoms with Gasteiger partial charge < -0.3 is 25.7 Å². The Morgan fingerprint density at radius 2 is 1.70 bits per heavy atom. The maximum absolute atomic E-state index is 13.0. The zero-order valence-corrected chi connectivity index (χ0v) is 22.6. The summed E-state index contributed by atoms with van der Waals surface area (Å²) in [7, 11) is 0. The van der Waals surface area contributed by atoms with Crippen molar-refractivity contribution >= 4 is 63.5 Å². The van der Waals surface area contributed by atoms with E-state index in [9.17, 15) is 40.3 Å². The fourth-order valence-electron chi connectivity index (χ4n) is 3.57. The molecule has 0 aliphatic carbocycles. The molecular weight excluding hydrogens is 636 g/mol. The molecule has 2 heterocycles. The van der Waals surface area contributed by atoms with Gasteiger partial charge >= 0.3 is 12.6 Å². The summed E-state index contributed by atoms with van der Waals surface area (Å²) >= 11 is 12.6. The maximum atomic E-state index is 13.0. The summed E-state index contributed by atoms with van der Waals surface area (Å²) in [6, 6.07) is 7.44. The molecule has 0 bridgehead atoms. The summed E-state index contributed by atoms with van der Waals surface area (Å²) < 4.78 is 94.3. The number of amides is 2. The molecule has 0 aliphatic heterocycles. The number of fused-ring (bicyclic) bond motifs is 1. The smallest absolute Gasteiger partial charge is 0.416 e. The monoisotopic (exact) mass is 652 g/mol. The number of aromatic nitrogens is 3. The van der Waals surface area contributed by atoms with Crippen LogP contribution in [0.1, 0.15) is 21.5 Å². The highest BCUT2D eigenvalue weighted by Crippen LogP contribution is 2.36. The Kier molecular flexibility index (Phi) is 9.49. The number of hydrogen-bond donors (Lipinski definition) is 4. The lowest BCUT2D eigenvalue weighted by molar-refractivity contribution is -0.137. The fraction of sp³-hybridized carbons (Fsp3) is 0.200. The number of rotatable bonds is 10. The molecule has 228 valence electrons. The first kappa shape index (κ1) is 31.6. The SMILES string of the molecule is O=C(Nc1ccc(C(F)(F)F)cc1)c1cc2[nH]c(Nc3c(Cl)ccc(CNC(=O)C(F)F)c3Cl)nc2nc1OCC(F)F. The molecule has 0 radical (unpaired) electrons. The third kappa shape index (κ3) is 7.75. The normalized spacial score (nSPS) is 11.7. The van der Waals surface area contributed by atoms with Crippen molar-refractivity contribution in [1.82, 2.24) is 20.3 Å². The largest absolute Gasteiger partial charge is 0.471 e. The minimum absolute atomic E-state index is 0.0289. The van der Waals surface area contributed by atoms with Crippen LogP contribution < -0.4 is 20.7 Å². The number of halogens is 9. The predicted molar refractivity (Wildman–Crippen MR) is 142 cm³/mol. The van der Waals surface area contributed by atoms with Crippen LogP contribution in [-0.4, -0.2) is 46.2 Å². The average molecular weight is 653 g/mol. The van der Waals surface area contributed by atoms with Crippen molar-refractivity contribution < 1.29 is 45.1 Å². The minimum Gasteiger partial charge on any atom is -0.471 e. The van der Waals surface area contributed by atoms with Crippen molar-refractivity contribution in [2.75, 3.05) is 17.2 Å². The molecule has 4 N–H and O–H groups in total. The Labute approximate surface area is 246 Å². The Bertz CT molecular complexity index is 1650. The Balaban J connectivity index is 1.62. The summed E-state index contributed by atoms with van der Waals surface area (Å²) in [6.07, 6.45) is -10.8. The quantitative estimate of drug-likeness (QED) is 0.140. The Morgan fingerprint density at radius 1 is 1.00 bits per heavy atom. The molecule has 0 saturated carbocycles. The van der Waals surface area contributed by atoms with Gasteiger partial charge in [-0.25, -0.2) is 8.78 Å². The molecule has 4 rings (SSSR count). The number of benzene rings is 2. The van der Waals surface area contributed by atoms with E-state index in [-0.39, 0.29) is 56.2 Å². The van der Waals surface area contributed by atoms with E-state index in [0.29, 0.717) is 0 Å².